The zero-order chi connectivity index (χ0) is 21.9. The third-order valence-corrected chi connectivity index (χ3v) is 6.86. The average Bonchev–Trinajstić information content (AvgIpc) is 2.85. The van der Waals surface area contributed by atoms with E-state index >= 15 is 0 Å². The van der Waals surface area contributed by atoms with Crippen LogP contribution < -0.4 is 15.0 Å². The van der Waals surface area contributed by atoms with E-state index in [0.29, 0.717) is 0 Å². The predicted octanol–water partition coefficient (Wildman–Crippen LogP) is 3.60. The van der Waals surface area contributed by atoms with E-state index in [0.717, 1.165) is 47.3 Å². The summed E-state index contributed by atoms with van der Waals surface area (Å²) in [5.74, 6) is 1.60. The van der Waals surface area contributed by atoms with Crippen LogP contribution in [0.15, 0.2) is 48.8 Å². The summed E-state index contributed by atoms with van der Waals surface area (Å²) in [6.07, 6.45) is 4.09. The van der Waals surface area contributed by atoms with Gasteiger partial charge < -0.3 is 19.9 Å². The summed E-state index contributed by atoms with van der Waals surface area (Å²) in [7, 11) is 3.89. The summed E-state index contributed by atoms with van der Waals surface area (Å²) in [4.78, 5) is 16.5. The van der Waals surface area contributed by atoms with Gasteiger partial charge in [-0.15, -0.1) is 0 Å². The average molecular weight is 433 g/mol. The molecule has 3 aromatic rings. The second-order valence-electron chi connectivity index (χ2n) is 8.83. The third-order valence-electron chi connectivity index (χ3n) is 6.86. The van der Waals surface area contributed by atoms with Crippen molar-refractivity contribution in [3.63, 3.8) is 0 Å². The number of piperazine rings is 1. The van der Waals surface area contributed by atoms with Gasteiger partial charge in [-0.2, -0.15) is 0 Å². The molecule has 32 heavy (non-hydrogen) atoms. The van der Waals surface area contributed by atoms with Gasteiger partial charge in [0.05, 0.1) is 12.6 Å². The highest BCUT2D eigenvalue weighted by atomic mass is 16.5. The molecule has 1 aromatic heterocycles. The second-order valence-corrected chi connectivity index (χ2v) is 8.83. The number of methoxy groups -OCH3 is 1. The number of rotatable bonds is 5. The van der Waals surface area contributed by atoms with Crippen LogP contribution in [0.4, 0.5) is 17.2 Å². The molecule has 0 atom stereocenters. The first-order valence-corrected chi connectivity index (χ1v) is 11.5. The molecule has 0 spiro atoms. The third kappa shape index (κ3) is 4.49. The molecule has 0 unspecified atom stereocenters. The normalized spacial score (nSPS) is 18.8. The molecule has 0 saturated carbocycles. The van der Waals surface area contributed by atoms with Crippen molar-refractivity contribution in [1.29, 1.82) is 0 Å². The summed E-state index contributed by atoms with van der Waals surface area (Å²) >= 11 is 0. The smallest absolute Gasteiger partial charge is 0.141 e. The van der Waals surface area contributed by atoms with Crippen molar-refractivity contribution in [1.82, 2.24) is 19.8 Å². The topological polar surface area (TPSA) is 56.8 Å². The van der Waals surface area contributed by atoms with E-state index in [9.17, 15) is 0 Å². The highest BCUT2D eigenvalue weighted by Gasteiger charge is 2.26. The maximum atomic E-state index is 5.31. The van der Waals surface area contributed by atoms with Crippen molar-refractivity contribution < 1.29 is 4.74 Å². The molecule has 2 fully saturated rings. The number of hydrogen-bond donors (Lipinski definition) is 1. The Balaban J connectivity index is 1.21. The Labute approximate surface area is 190 Å². The Morgan fingerprint density at radius 2 is 1.66 bits per heavy atom. The molecule has 0 radical (unpaired) electrons. The van der Waals surface area contributed by atoms with Crippen LogP contribution in [0.3, 0.4) is 0 Å². The lowest BCUT2D eigenvalue weighted by Gasteiger charge is -2.42. The van der Waals surface area contributed by atoms with E-state index in [-0.39, 0.29) is 0 Å². The Morgan fingerprint density at radius 3 is 2.38 bits per heavy atom. The van der Waals surface area contributed by atoms with E-state index in [2.05, 4.69) is 61.3 Å². The number of anilines is 3. The van der Waals surface area contributed by atoms with Crippen molar-refractivity contribution in [2.75, 3.05) is 63.6 Å². The van der Waals surface area contributed by atoms with Crippen molar-refractivity contribution >= 4 is 28.1 Å². The minimum absolute atomic E-state index is 0.741. The Hall–Kier alpha value is -2.90. The van der Waals surface area contributed by atoms with Gasteiger partial charge in [0.15, 0.2) is 0 Å². The Bertz CT molecular complexity index is 1040. The molecule has 2 saturated heterocycles. The van der Waals surface area contributed by atoms with Crippen LogP contribution in [-0.2, 0) is 0 Å². The van der Waals surface area contributed by atoms with Gasteiger partial charge >= 0.3 is 0 Å². The minimum atomic E-state index is 0.741. The fourth-order valence-corrected chi connectivity index (χ4v) is 4.83. The molecule has 0 amide bonds. The number of nitrogens with one attached hydrogen (secondary N) is 1. The lowest BCUT2D eigenvalue weighted by Crippen LogP contribution is -2.52. The second kappa shape index (κ2) is 9.30. The van der Waals surface area contributed by atoms with Crippen LogP contribution in [0.25, 0.3) is 10.9 Å². The van der Waals surface area contributed by atoms with Crippen molar-refractivity contribution in [2.24, 2.45) is 0 Å². The first kappa shape index (κ1) is 21.0. The molecule has 3 heterocycles. The van der Waals surface area contributed by atoms with Gasteiger partial charge in [-0.1, -0.05) is 0 Å². The van der Waals surface area contributed by atoms with E-state index in [1.165, 1.54) is 44.7 Å². The lowest BCUT2D eigenvalue weighted by molar-refractivity contribution is 0.0982. The molecule has 0 bridgehead atoms. The summed E-state index contributed by atoms with van der Waals surface area (Å²) < 4.78 is 5.31. The Kier molecular flexibility index (Phi) is 6.10. The number of fused-ring (bicyclic) bond motifs is 1. The van der Waals surface area contributed by atoms with Gasteiger partial charge in [0.1, 0.15) is 17.9 Å². The molecule has 2 aliphatic heterocycles. The first-order valence-electron chi connectivity index (χ1n) is 11.5. The minimum Gasteiger partial charge on any atom is -0.497 e. The van der Waals surface area contributed by atoms with Gasteiger partial charge in [-0.3, -0.25) is 4.90 Å². The van der Waals surface area contributed by atoms with E-state index in [1.807, 2.05) is 18.2 Å². The molecule has 5 rings (SSSR count). The van der Waals surface area contributed by atoms with Gasteiger partial charge in [0.2, 0.25) is 0 Å². The monoisotopic (exact) mass is 432 g/mol. The fraction of sp³-hybridized carbons (Fsp3) is 0.440. The summed E-state index contributed by atoms with van der Waals surface area (Å²) in [6, 6.07) is 15.3. The van der Waals surface area contributed by atoms with Gasteiger partial charge in [0.25, 0.3) is 0 Å². The number of benzene rings is 2. The van der Waals surface area contributed by atoms with E-state index in [4.69, 9.17) is 4.74 Å². The van der Waals surface area contributed by atoms with Crippen molar-refractivity contribution in [3.8, 4) is 5.75 Å². The molecule has 7 nitrogen and oxygen atoms in total. The first-order chi connectivity index (χ1) is 15.7. The zero-order valence-corrected chi connectivity index (χ0v) is 19.0. The SMILES string of the molecule is COc1ccc2c(Nc3ccc(N4CCC(N5CCN(C)CC5)CC4)cc3)ncnc2c1. The Morgan fingerprint density at radius 1 is 0.906 bits per heavy atom. The van der Waals surface area contributed by atoms with Crippen LogP contribution >= 0.6 is 0 Å². The largest absolute Gasteiger partial charge is 0.497 e. The lowest BCUT2D eigenvalue weighted by atomic mass is 10.0. The highest BCUT2D eigenvalue weighted by Crippen LogP contribution is 2.28. The molecule has 168 valence electrons. The number of piperidine rings is 1. The molecular formula is C25H32N6O. The van der Waals surface area contributed by atoms with Crippen LogP contribution in [0.1, 0.15) is 12.8 Å². The highest BCUT2D eigenvalue weighted by molar-refractivity contribution is 5.91. The van der Waals surface area contributed by atoms with E-state index in [1.54, 1.807) is 13.4 Å². The predicted molar refractivity (Wildman–Crippen MR) is 130 cm³/mol. The van der Waals surface area contributed by atoms with Crippen LogP contribution in [0.2, 0.25) is 0 Å². The van der Waals surface area contributed by atoms with Gasteiger partial charge in [-0.25, -0.2) is 9.97 Å². The zero-order valence-electron chi connectivity index (χ0n) is 19.0. The molecule has 7 heteroatoms. The van der Waals surface area contributed by atoms with Gasteiger partial charge in [-0.05, 0) is 56.3 Å². The summed E-state index contributed by atoms with van der Waals surface area (Å²) in [6.45, 7) is 7.08. The molecule has 2 aliphatic rings. The molecule has 0 aliphatic carbocycles. The maximum absolute atomic E-state index is 5.31. The van der Waals surface area contributed by atoms with E-state index < -0.39 is 0 Å². The fourth-order valence-electron chi connectivity index (χ4n) is 4.83. The van der Waals surface area contributed by atoms with Crippen molar-refractivity contribution in [2.45, 2.75) is 18.9 Å². The summed E-state index contributed by atoms with van der Waals surface area (Å²) in [5, 5.41) is 4.42. The molecular weight excluding hydrogens is 400 g/mol. The van der Waals surface area contributed by atoms with Crippen LogP contribution in [-0.4, -0.2) is 79.2 Å². The molecule has 1 N–H and O–H groups in total. The maximum Gasteiger partial charge on any atom is 0.141 e. The standard InChI is InChI=1S/C25H32N6O/c1-29-13-15-31(16-14-29)21-9-11-30(12-10-21)20-5-3-19(4-6-20)28-25-23-8-7-22(32-2)17-24(23)26-18-27-25/h3-8,17-18,21H,9-16H2,1-2H3,(H,26,27,28). The molecule has 2 aromatic carbocycles. The quantitative estimate of drug-likeness (QED) is 0.661. The van der Waals surface area contributed by atoms with Crippen LogP contribution in [0.5, 0.6) is 5.75 Å². The van der Waals surface area contributed by atoms with Gasteiger partial charge in [0, 0.05) is 68.1 Å². The number of likely N-dealkylation sites (N-methyl/N-ethyl adjacent to an activating group) is 1. The van der Waals surface area contributed by atoms with Crippen LogP contribution in [0, 0.1) is 0 Å². The van der Waals surface area contributed by atoms with Crippen molar-refractivity contribution in [3.05, 3.63) is 48.8 Å². The summed E-state index contributed by atoms with van der Waals surface area (Å²) in [5.41, 5.74) is 3.18. The number of ether oxygens (including phenoxy) is 1. The number of aromatic nitrogens is 2. The number of nitrogens with zero attached hydrogens (tertiary/aromatic N) is 5. The number of hydrogen-bond acceptors (Lipinski definition) is 7.